The van der Waals surface area contributed by atoms with E-state index in [0.29, 0.717) is 0 Å². The SMILES string of the molecule is c1ccc(-c2ccc(N3c4cc(-c5cccc6c5oc5ccccc56)ccc4B4c5ccc(-c6cccc7c6oc6ccccc67)cc5N(c5ccc(-c6ccccc6)cc5)c5cccc3c54)cc2)cc1. The maximum atomic E-state index is 6.67. The fourth-order valence-electron chi connectivity index (χ4n) is 11.6. The molecule has 330 valence electrons. The van der Waals surface area contributed by atoms with Gasteiger partial charge in [-0.05, 0) is 110 Å². The molecule has 11 aromatic carbocycles. The smallest absolute Gasteiger partial charge is 0.252 e. The number of para-hydroxylation sites is 4. The Balaban J connectivity index is 0.968. The molecule has 4 heterocycles. The Labute approximate surface area is 411 Å². The second-order valence-electron chi connectivity index (χ2n) is 18.7. The van der Waals surface area contributed by atoms with Gasteiger partial charge in [0.05, 0.1) is 0 Å². The summed E-state index contributed by atoms with van der Waals surface area (Å²) in [5.41, 5.74) is 23.2. The van der Waals surface area contributed by atoms with Crippen molar-refractivity contribution in [3.8, 4) is 44.5 Å². The van der Waals surface area contributed by atoms with Crippen molar-refractivity contribution in [1.82, 2.24) is 0 Å². The van der Waals surface area contributed by atoms with Crippen molar-refractivity contribution in [2.24, 2.45) is 0 Å². The molecule has 0 bridgehead atoms. The average molecular weight is 905 g/mol. The summed E-state index contributed by atoms with van der Waals surface area (Å²) in [6.07, 6.45) is 0. The van der Waals surface area contributed by atoms with E-state index in [0.717, 1.165) is 100 Å². The summed E-state index contributed by atoms with van der Waals surface area (Å²) in [4.78, 5) is 4.97. The van der Waals surface area contributed by atoms with Gasteiger partial charge in [-0.3, -0.25) is 0 Å². The lowest BCUT2D eigenvalue weighted by Crippen LogP contribution is -2.61. The van der Waals surface area contributed by atoms with Gasteiger partial charge in [0, 0.05) is 66.8 Å². The van der Waals surface area contributed by atoms with Crippen LogP contribution in [0.4, 0.5) is 34.1 Å². The highest BCUT2D eigenvalue weighted by Gasteiger charge is 2.43. The first-order chi connectivity index (χ1) is 35.2. The monoisotopic (exact) mass is 904 g/mol. The van der Waals surface area contributed by atoms with Crippen LogP contribution in [0.5, 0.6) is 0 Å². The third-order valence-electron chi connectivity index (χ3n) is 14.9. The highest BCUT2D eigenvalue weighted by molar-refractivity contribution is 7.00. The van der Waals surface area contributed by atoms with Crippen LogP contribution in [0, 0.1) is 0 Å². The molecule has 0 atom stereocenters. The fraction of sp³-hybridized carbons (Fsp3) is 0. The molecular weight excluding hydrogens is 864 g/mol. The Hall–Kier alpha value is -9.32. The Morgan fingerprint density at radius 2 is 0.662 bits per heavy atom. The average Bonchev–Trinajstić information content (AvgIpc) is 4.02. The third-order valence-corrected chi connectivity index (χ3v) is 14.9. The van der Waals surface area contributed by atoms with Crippen molar-refractivity contribution in [2.45, 2.75) is 0 Å². The number of furan rings is 2. The molecule has 0 radical (unpaired) electrons. The predicted molar refractivity (Wildman–Crippen MR) is 297 cm³/mol. The van der Waals surface area contributed by atoms with Crippen molar-refractivity contribution >= 4 is 101 Å². The number of fused-ring (bicyclic) bond motifs is 10. The summed E-state index contributed by atoms with van der Waals surface area (Å²) < 4.78 is 13.3. The summed E-state index contributed by atoms with van der Waals surface area (Å²) in [6, 6.07) is 90.1. The van der Waals surface area contributed by atoms with Crippen molar-refractivity contribution in [2.75, 3.05) is 9.80 Å². The first-order valence-electron chi connectivity index (χ1n) is 24.4. The standard InChI is InChI=1S/C66H41BN2O2/c1-3-14-42(15-4-1)44-28-34-48(35-29-44)68-58-24-13-25-59-64(58)67(56-38-32-46(40-60(56)68)50-20-11-22-54-52-18-7-9-26-62(52)70-65(50)54)57-39-33-47(51-21-12-23-55-53-19-8-10-27-63(53)71-66(51)55)41-61(57)69(59)49-36-30-45(31-37-49)43-16-5-2-6-17-43/h1-41H. The molecule has 0 saturated carbocycles. The van der Waals surface area contributed by atoms with Gasteiger partial charge in [-0.15, -0.1) is 0 Å². The predicted octanol–water partition coefficient (Wildman–Crippen LogP) is 16.2. The van der Waals surface area contributed by atoms with Gasteiger partial charge in [-0.25, -0.2) is 0 Å². The molecule has 0 aliphatic carbocycles. The van der Waals surface area contributed by atoms with Crippen molar-refractivity contribution in [1.29, 1.82) is 0 Å². The van der Waals surface area contributed by atoms with Crippen LogP contribution in [0.15, 0.2) is 258 Å². The van der Waals surface area contributed by atoms with Crippen molar-refractivity contribution < 1.29 is 8.83 Å². The largest absolute Gasteiger partial charge is 0.455 e. The number of hydrogen-bond donors (Lipinski definition) is 0. The maximum Gasteiger partial charge on any atom is 0.252 e. The van der Waals surface area contributed by atoms with E-state index in [1.54, 1.807) is 0 Å². The zero-order valence-corrected chi connectivity index (χ0v) is 38.5. The van der Waals surface area contributed by atoms with E-state index >= 15 is 0 Å². The molecule has 15 rings (SSSR count). The molecule has 71 heavy (non-hydrogen) atoms. The minimum atomic E-state index is -0.0713. The first kappa shape index (κ1) is 39.7. The second-order valence-corrected chi connectivity index (χ2v) is 18.7. The van der Waals surface area contributed by atoms with Crippen molar-refractivity contribution in [3.63, 3.8) is 0 Å². The normalized spacial score (nSPS) is 12.7. The lowest BCUT2D eigenvalue weighted by atomic mass is 9.33. The zero-order chi connectivity index (χ0) is 46.6. The number of anilines is 6. The molecule has 0 unspecified atom stereocenters. The number of nitrogens with zero attached hydrogens (tertiary/aromatic N) is 2. The summed E-state index contributed by atoms with van der Waals surface area (Å²) in [5.74, 6) is 0. The van der Waals surface area contributed by atoms with Crippen LogP contribution in [0.3, 0.4) is 0 Å². The maximum absolute atomic E-state index is 6.67. The van der Waals surface area contributed by atoms with Gasteiger partial charge in [0.2, 0.25) is 0 Å². The van der Waals surface area contributed by atoms with Crippen LogP contribution in [0.2, 0.25) is 0 Å². The lowest BCUT2D eigenvalue weighted by Gasteiger charge is -2.44. The van der Waals surface area contributed by atoms with Gasteiger partial charge in [-0.2, -0.15) is 0 Å². The highest BCUT2D eigenvalue weighted by atomic mass is 16.3. The summed E-state index contributed by atoms with van der Waals surface area (Å²) in [5, 5.41) is 4.48. The van der Waals surface area contributed by atoms with Gasteiger partial charge < -0.3 is 18.6 Å². The molecule has 0 amide bonds. The molecule has 13 aromatic rings. The van der Waals surface area contributed by atoms with Crippen LogP contribution in [-0.4, -0.2) is 6.71 Å². The third kappa shape index (κ3) is 6.13. The summed E-state index contributed by atoms with van der Waals surface area (Å²) >= 11 is 0. The van der Waals surface area contributed by atoms with E-state index in [4.69, 9.17) is 8.83 Å². The minimum absolute atomic E-state index is 0.0713. The van der Waals surface area contributed by atoms with Gasteiger partial charge in [0.1, 0.15) is 22.3 Å². The number of benzene rings is 11. The van der Waals surface area contributed by atoms with Crippen LogP contribution in [0.1, 0.15) is 0 Å². The Bertz CT molecular complexity index is 3960. The molecule has 0 N–H and O–H groups in total. The lowest BCUT2D eigenvalue weighted by molar-refractivity contribution is 0.669. The Morgan fingerprint density at radius 3 is 1.13 bits per heavy atom. The molecule has 0 saturated heterocycles. The van der Waals surface area contributed by atoms with Gasteiger partial charge in [-0.1, -0.05) is 188 Å². The minimum Gasteiger partial charge on any atom is -0.455 e. The summed E-state index contributed by atoms with van der Waals surface area (Å²) in [6.45, 7) is -0.0713. The topological polar surface area (TPSA) is 32.8 Å². The Kier molecular flexibility index (Phi) is 8.72. The molecule has 4 nitrogen and oxygen atoms in total. The van der Waals surface area contributed by atoms with Crippen molar-refractivity contribution in [3.05, 3.63) is 249 Å². The van der Waals surface area contributed by atoms with Gasteiger partial charge in [0.25, 0.3) is 6.71 Å². The summed E-state index contributed by atoms with van der Waals surface area (Å²) in [7, 11) is 0. The highest BCUT2D eigenvalue weighted by Crippen LogP contribution is 2.47. The van der Waals surface area contributed by atoms with E-state index in [1.807, 2.05) is 12.1 Å². The van der Waals surface area contributed by atoms with Crippen LogP contribution in [-0.2, 0) is 0 Å². The fourth-order valence-corrected chi connectivity index (χ4v) is 11.6. The quantitative estimate of drug-likeness (QED) is 0.156. The van der Waals surface area contributed by atoms with E-state index in [1.165, 1.54) is 38.6 Å². The van der Waals surface area contributed by atoms with Crippen LogP contribution in [0.25, 0.3) is 88.4 Å². The molecule has 0 fully saturated rings. The molecule has 2 aromatic heterocycles. The zero-order valence-electron chi connectivity index (χ0n) is 38.5. The van der Waals surface area contributed by atoms with Gasteiger partial charge in [0.15, 0.2) is 0 Å². The second kappa shape index (κ2) is 15.6. The number of hydrogen-bond acceptors (Lipinski definition) is 4. The molecule has 5 heteroatoms. The molecule has 0 spiro atoms. The van der Waals surface area contributed by atoms with Crippen LogP contribution < -0.4 is 26.2 Å². The van der Waals surface area contributed by atoms with E-state index in [-0.39, 0.29) is 6.71 Å². The van der Waals surface area contributed by atoms with Crippen LogP contribution >= 0.6 is 0 Å². The first-order valence-corrected chi connectivity index (χ1v) is 24.4. The Morgan fingerprint density at radius 1 is 0.282 bits per heavy atom. The van der Waals surface area contributed by atoms with E-state index < -0.39 is 0 Å². The van der Waals surface area contributed by atoms with E-state index in [9.17, 15) is 0 Å². The van der Waals surface area contributed by atoms with E-state index in [2.05, 4.69) is 246 Å². The molecule has 2 aliphatic rings. The van der Waals surface area contributed by atoms with Gasteiger partial charge >= 0.3 is 0 Å². The molecule has 2 aliphatic heterocycles. The number of rotatable bonds is 6. The molecular formula is C66H41BN2O2.